The molecule has 0 radical (unpaired) electrons. The van der Waals surface area contributed by atoms with E-state index in [-0.39, 0.29) is 21.7 Å². The van der Waals surface area contributed by atoms with Crippen LogP contribution in [0.4, 0.5) is 5.69 Å². The largest absolute Gasteiger partial charge is 0.461 e. The van der Waals surface area contributed by atoms with Crippen molar-refractivity contribution in [3.8, 4) is 11.6 Å². The van der Waals surface area contributed by atoms with Crippen molar-refractivity contribution in [2.75, 3.05) is 11.1 Å². The van der Waals surface area contributed by atoms with Gasteiger partial charge in [-0.15, -0.1) is 10.2 Å². The molecule has 0 saturated heterocycles. The third kappa shape index (κ3) is 4.17. The van der Waals surface area contributed by atoms with Gasteiger partial charge in [-0.1, -0.05) is 46.6 Å². The van der Waals surface area contributed by atoms with E-state index in [0.29, 0.717) is 34.0 Å². The van der Waals surface area contributed by atoms with E-state index in [9.17, 15) is 4.79 Å². The second kappa shape index (κ2) is 8.35. The Bertz CT molecular complexity index is 905. The van der Waals surface area contributed by atoms with Gasteiger partial charge in [0.25, 0.3) is 0 Å². The zero-order valence-corrected chi connectivity index (χ0v) is 16.6. The van der Waals surface area contributed by atoms with Crippen LogP contribution in [0.2, 0.25) is 15.1 Å². The molecule has 0 aliphatic heterocycles. The van der Waals surface area contributed by atoms with Crippen molar-refractivity contribution in [1.29, 1.82) is 0 Å². The Morgan fingerprint density at radius 3 is 2.62 bits per heavy atom. The van der Waals surface area contributed by atoms with Crippen molar-refractivity contribution in [1.82, 2.24) is 14.8 Å². The zero-order valence-electron chi connectivity index (χ0n) is 13.5. The van der Waals surface area contributed by atoms with E-state index >= 15 is 0 Å². The van der Waals surface area contributed by atoms with E-state index in [1.54, 1.807) is 12.3 Å². The number of benzene rings is 1. The third-order valence-corrected chi connectivity index (χ3v) is 5.16. The number of carbonyl (C=O) groups is 1. The lowest BCUT2D eigenvalue weighted by Gasteiger charge is -2.10. The van der Waals surface area contributed by atoms with Crippen LogP contribution in [0, 0.1) is 0 Å². The van der Waals surface area contributed by atoms with Gasteiger partial charge in [-0.2, -0.15) is 0 Å². The molecular formula is C16H13Cl3N4O2S. The Morgan fingerprint density at radius 1 is 1.27 bits per heavy atom. The molecule has 3 rings (SSSR count). The summed E-state index contributed by atoms with van der Waals surface area (Å²) >= 11 is 19.3. The van der Waals surface area contributed by atoms with Crippen molar-refractivity contribution in [3.63, 3.8) is 0 Å². The van der Waals surface area contributed by atoms with Crippen LogP contribution in [0.5, 0.6) is 0 Å². The standard InChI is InChI=1S/C16H13Cl3N4O2S/c1-2-23-15(12-4-3-5-25-12)21-22-16(23)26-8-13(24)20-14-10(18)6-9(17)7-11(14)19/h3-7H,2,8H2,1H3,(H,20,24). The van der Waals surface area contributed by atoms with Gasteiger partial charge in [0.1, 0.15) is 0 Å². The molecule has 0 spiro atoms. The van der Waals surface area contributed by atoms with Gasteiger partial charge in [0.15, 0.2) is 16.7 Å². The summed E-state index contributed by atoms with van der Waals surface area (Å²) in [5.74, 6) is 1.08. The maximum absolute atomic E-state index is 12.3. The van der Waals surface area contributed by atoms with Crippen molar-refractivity contribution in [2.45, 2.75) is 18.6 Å². The molecule has 1 amide bonds. The summed E-state index contributed by atoms with van der Waals surface area (Å²) in [7, 11) is 0. The number of rotatable bonds is 6. The van der Waals surface area contributed by atoms with E-state index < -0.39 is 0 Å². The molecule has 6 nitrogen and oxygen atoms in total. The second-order valence-electron chi connectivity index (χ2n) is 5.11. The average Bonchev–Trinajstić information content (AvgIpc) is 3.24. The Labute approximate surface area is 168 Å². The highest BCUT2D eigenvalue weighted by Gasteiger charge is 2.17. The zero-order chi connectivity index (χ0) is 18.7. The highest BCUT2D eigenvalue weighted by molar-refractivity contribution is 7.99. The number of nitrogens with zero attached hydrogens (tertiary/aromatic N) is 3. The predicted molar refractivity (Wildman–Crippen MR) is 104 cm³/mol. The summed E-state index contributed by atoms with van der Waals surface area (Å²) in [6.07, 6.45) is 1.57. The quantitative estimate of drug-likeness (QED) is 0.540. The van der Waals surface area contributed by atoms with Gasteiger partial charge in [0.05, 0.1) is 27.7 Å². The van der Waals surface area contributed by atoms with Crippen LogP contribution in [-0.4, -0.2) is 26.4 Å². The summed E-state index contributed by atoms with van der Waals surface area (Å²) in [6, 6.07) is 6.62. The fourth-order valence-electron chi connectivity index (χ4n) is 2.24. The first kappa shape index (κ1) is 19.1. The first-order valence-electron chi connectivity index (χ1n) is 7.54. The molecule has 10 heteroatoms. The van der Waals surface area contributed by atoms with E-state index in [4.69, 9.17) is 39.2 Å². The molecule has 0 atom stereocenters. The molecule has 0 fully saturated rings. The number of amides is 1. The summed E-state index contributed by atoms with van der Waals surface area (Å²) in [5.41, 5.74) is 0.330. The fourth-order valence-corrected chi connectivity index (χ4v) is 3.95. The van der Waals surface area contributed by atoms with Crippen LogP contribution in [0.15, 0.2) is 40.1 Å². The van der Waals surface area contributed by atoms with Crippen molar-refractivity contribution in [3.05, 3.63) is 45.6 Å². The van der Waals surface area contributed by atoms with Gasteiger partial charge in [-0.25, -0.2) is 0 Å². The molecule has 26 heavy (non-hydrogen) atoms. The Kier molecular flexibility index (Phi) is 6.13. The minimum Gasteiger partial charge on any atom is -0.461 e. The Morgan fingerprint density at radius 2 is 2.00 bits per heavy atom. The van der Waals surface area contributed by atoms with Crippen LogP contribution >= 0.6 is 46.6 Å². The van der Waals surface area contributed by atoms with Crippen molar-refractivity contribution < 1.29 is 9.21 Å². The number of nitrogens with one attached hydrogen (secondary N) is 1. The van der Waals surface area contributed by atoms with E-state index in [0.717, 1.165) is 0 Å². The Hall–Kier alpha value is -1.67. The average molecular weight is 432 g/mol. The van der Waals surface area contributed by atoms with Crippen molar-refractivity contribution in [2.24, 2.45) is 0 Å². The van der Waals surface area contributed by atoms with Gasteiger partial charge in [-0.3, -0.25) is 9.36 Å². The summed E-state index contributed by atoms with van der Waals surface area (Å²) in [5, 5.41) is 12.5. The normalized spacial score (nSPS) is 10.9. The number of furan rings is 1. The minimum atomic E-state index is -0.272. The monoisotopic (exact) mass is 430 g/mol. The first-order chi connectivity index (χ1) is 12.5. The molecule has 0 aliphatic rings. The van der Waals surface area contributed by atoms with Crippen LogP contribution in [0.1, 0.15) is 6.92 Å². The molecule has 0 saturated carbocycles. The number of anilines is 1. The van der Waals surface area contributed by atoms with Gasteiger partial charge in [0, 0.05) is 11.6 Å². The van der Waals surface area contributed by atoms with E-state index in [1.807, 2.05) is 17.6 Å². The summed E-state index contributed by atoms with van der Waals surface area (Å²) < 4.78 is 7.24. The SMILES string of the molecule is CCn1c(SCC(=O)Nc2c(Cl)cc(Cl)cc2Cl)nnc1-c1ccco1. The van der Waals surface area contributed by atoms with Gasteiger partial charge in [-0.05, 0) is 31.2 Å². The number of halogens is 3. The lowest BCUT2D eigenvalue weighted by Crippen LogP contribution is -2.15. The minimum absolute atomic E-state index is 0.117. The van der Waals surface area contributed by atoms with Gasteiger partial charge in [0.2, 0.25) is 5.91 Å². The molecule has 1 aromatic carbocycles. The van der Waals surface area contributed by atoms with Crippen LogP contribution in [0.25, 0.3) is 11.6 Å². The molecular weight excluding hydrogens is 419 g/mol. The summed E-state index contributed by atoms with van der Waals surface area (Å²) in [4.78, 5) is 12.3. The van der Waals surface area contributed by atoms with Crippen LogP contribution < -0.4 is 5.32 Å². The van der Waals surface area contributed by atoms with Crippen LogP contribution in [-0.2, 0) is 11.3 Å². The smallest absolute Gasteiger partial charge is 0.234 e. The Balaban J connectivity index is 1.69. The molecule has 0 aliphatic carbocycles. The number of hydrogen-bond donors (Lipinski definition) is 1. The molecule has 136 valence electrons. The number of hydrogen-bond acceptors (Lipinski definition) is 5. The number of carbonyl (C=O) groups excluding carboxylic acids is 1. The highest BCUT2D eigenvalue weighted by Crippen LogP contribution is 2.34. The lowest BCUT2D eigenvalue weighted by molar-refractivity contribution is -0.113. The molecule has 2 heterocycles. The summed E-state index contributed by atoms with van der Waals surface area (Å²) in [6.45, 7) is 2.61. The second-order valence-corrected chi connectivity index (χ2v) is 7.30. The molecule has 2 aromatic heterocycles. The van der Waals surface area contributed by atoms with Gasteiger partial charge >= 0.3 is 0 Å². The molecule has 0 bridgehead atoms. The third-order valence-electron chi connectivity index (χ3n) is 3.38. The predicted octanol–water partition coefficient (Wildman–Crippen LogP) is 5.25. The molecule has 3 aromatic rings. The first-order valence-corrected chi connectivity index (χ1v) is 9.65. The van der Waals surface area contributed by atoms with E-state index in [1.165, 1.54) is 23.9 Å². The molecule has 1 N–H and O–H groups in total. The lowest BCUT2D eigenvalue weighted by atomic mass is 10.3. The maximum atomic E-state index is 12.3. The van der Waals surface area contributed by atoms with E-state index in [2.05, 4.69) is 15.5 Å². The van der Waals surface area contributed by atoms with Crippen molar-refractivity contribution >= 4 is 58.2 Å². The van der Waals surface area contributed by atoms with Gasteiger partial charge < -0.3 is 9.73 Å². The number of aromatic nitrogens is 3. The van der Waals surface area contributed by atoms with Crippen LogP contribution in [0.3, 0.4) is 0 Å². The topological polar surface area (TPSA) is 73.0 Å². The number of thioether (sulfide) groups is 1. The maximum Gasteiger partial charge on any atom is 0.234 e. The molecule has 0 unspecified atom stereocenters. The highest BCUT2D eigenvalue weighted by atomic mass is 35.5. The fraction of sp³-hybridized carbons (Fsp3) is 0.188.